The van der Waals surface area contributed by atoms with Gasteiger partial charge in [0.15, 0.2) is 20.5 Å². The van der Waals surface area contributed by atoms with Crippen molar-refractivity contribution in [2.75, 3.05) is 50.9 Å². The number of halogens is 3. The Morgan fingerprint density at radius 1 is 1.17 bits per heavy atom. The molecule has 0 bridgehead atoms. The van der Waals surface area contributed by atoms with Crippen LogP contribution in [0.1, 0.15) is 12.8 Å². The number of likely N-dealkylation sites (tertiary alicyclic amines) is 1. The molecule has 9 nitrogen and oxygen atoms in total. The number of rotatable bonds is 6. The molecule has 0 radical (unpaired) electrons. The number of anilines is 1. The number of piperazine rings is 1. The van der Waals surface area contributed by atoms with Gasteiger partial charge in [0.2, 0.25) is 5.91 Å². The first-order valence-corrected chi connectivity index (χ1v) is 15.7. The Labute approximate surface area is 247 Å². The summed E-state index contributed by atoms with van der Waals surface area (Å²) in [5.74, 6) is -2.81. The van der Waals surface area contributed by atoms with Crippen molar-refractivity contribution in [3.05, 3.63) is 63.9 Å². The Morgan fingerprint density at radius 3 is 2.43 bits per heavy atom. The number of sulfone groups is 1. The molecule has 2 fully saturated rings. The van der Waals surface area contributed by atoms with Crippen LogP contribution in [-0.4, -0.2) is 85.9 Å². The lowest BCUT2D eigenvalue weighted by atomic mass is 9.99. The quantitative estimate of drug-likeness (QED) is 0.420. The summed E-state index contributed by atoms with van der Waals surface area (Å²) in [6.45, 7) is 4.97. The Hall–Kier alpha value is -3.48. The molecule has 0 spiro atoms. The molecular weight excluding hydrogens is 590 g/mol. The maximum atomic E-state index is 16.8. The largest absolute Gasteiger partial charge is 0.507 e. The fourth-order valence-electron chi connectivity index (χ4n) is 6.01. The maximum absolute atomic E-state index is 16.8. The van der Waals surface area contributed by atoms with Gasteiger partial charge in [0.05, 0.1) is 21.8 Å². The van der Waals surface area contributed by atoms with Crippen LogP contribution >= 0.6 is 11.6 Å². The van der Waals surface area contributed by atoms with Gasteiger partial charge >= 0.3 is 0 Å². The van der Waals surface area contributed by atoms with E-state index in [1.165, 1.54) is 29.2 Å². The molecule has 2 aliphatic rings. The minimum atomic E-state index is -4.16. The molecule has 1 atom stereocenters. The van der Waals surface area contributed by atoms with Crippen LogP contribution in [0.2, 0.25) is 5.02 Å². The molecule has 2 aromatic carbocycles. The zero-order valence-electron chi connectivity index (χ0n) is 23.2. The Morgan fingerprint density at radius 2 is 1.86 bits per heavy atom. The number of amides is 1. The van der Waals surface area contributed by atoms with Gasteiger partial charge < -0.3 is 24.4 Å². The van der Waals surface area contributed by atoms with Gasteiger partial charge in [-0.1, -0.05) is 24.2 Å². The third-order valence-electron chi connectivity index (χ3n) is 8.13. The molecule has 0 aliphatic carbocycles. The minimum absolute atomic E-state index is 0.0164. The fraction of sp³-hybridized carbons (Fsp3) is 0.379. The monoisotopic (exact) mass is 620 g/mol. The summed E-state index contributed by atoms with van der Waals surface area (Å²) in [5, 5.41) is 10.3. The van der Waals surface area contributed by atoms with E-state index in [1.54, 1.807) is 4.90 Å². The van der Waals surface area contributed by atoms with Crippen LogP contribution in [0.4, 0.5) is 14.5 Å². The highest BCUT2D eigenvalue weighted by molar-refractivity contribution is 7.90. The van der Waals surface area contributed by atoms with E-state index in [1.807, 2.05) is 11.9 Å². The zero-order chi connectivity index (χ0) is 30.5. The summed E-state index contributed by atoms with van der Waals surface area (Å²) in [5.41, 5.74) is -2.08. The van der Waals surface area contributed by atoms with Crippen molar-refractivity contribution < 1.29 is 27.1 Å². The number of hydrogen-bond donors (Lipinski definition) is 1. The van der Waals surface area contributed by atoms with Gasteiger partial charge in [-0.2, -0.15) is 0 Å². The van der Waals surface area contributed by atoms with E-state index < -0.39 is 48.8 Å². The molecule has 1 amide bonds. The fourth-order valence-corrected chi connectivity index (χ4v) is 7.32. The first-order chi connectivity index (χ1) is 19.8. The third kappa shape index (κ3) is 5.16. The molecule has 13 heteroatoms. The van der Waals surface area contributed by atoms with Crippen molar-refractivity contribution in [1.29, 1.82) is 0 Å². The lowest BCUT2D eigenvalue weighted by Crippen LogP contribution is -2.49. The molecule has 5 rings (SSSR count). The lowest BCUT2D eigenvalue weighted by molar-refractivity contribution is -0.126. The van der Waals surface area contributed by atoms with Gasteiger partial charge in [-0.05, 0) is 50.7 Å². The minimum Gasteiger partial charge on any atom is -0.507 e. The number of benzene rings is 2. The van der Waals surface area contributed by atoms with Gasteiger partial charge in [0.25, 0.3) is 5.56 Å². The van der Waals surface area contributed by atoms with Crippen molar-refractivity contribution in [3.63, 3.8) is 0 Å². The number of phenols is 1. The van der Waals surface area contributed by atoms with Crippen LogP contribution in [-0.2, 0) is 21.2 Å². The molecule has 3 aromatic rings. The number of pyridine rings is 1. The highest BCUT2D eigenvalue weighted by Crippen LogP contribution is 2.44. The van der Waals surface area contributed by atoms with E-state index in [-0.39, 0.29) is 66.3 Å². The molecule has 0 unspecified atom stereocenters. The smallest absolute Gasteiger partial charge is 0.272 e. The molecule has 2 aliphatic heterocycles. The van der Waals surface area contributed by atoms with E-state index in [4.69, 9.17) is 11.6 Å². The van der Waals surface area contributed by atoms with E-state index >= 15 is 4.39 Å². The van der Waals surface area contributed by atoms with E-state index in [2.05, 4.69) is 6.58 Å². The third-order valence-corrected chi connectivity index (χ3v) is 9.54. The second-order valence-corrected chi connectivity index (χ2v) is 13.1. The van der Waals surface area contributed by atoms with Gasteiger partial charge in [0, 0.05) is 56.0 Å². The first-order valence-electron chi connectivity index (χ1n) is 13.5. The average molecular weight is 621 g/mol. The summed E-state index contributed by atoms with van der Waals surface area (Å²) in [4.78, 5) is 31.0. The van der Waals surface area contributed by atoms with Crippen LogP contribution in [0, 0.1) is 11.6 Å². The number of aromatic nitrogens is 1. The molecular formula is C29H31ClF2N4O5S. The highest BCUT2D eigenvalue weighted by Gasteiger charge is 2.34. The van der Waals surface area contributed by atoms with Crippen LogP contribution in [0.3, 0.4) is 0 Å². The van der Waals surface area contributed by atoms with Crippen LogP contribution in [0.5, 0.6) is 5.75 Å². The molecule has 3 heterocycles. The number of nitrogens with zero attached hydrogens (tertiary/aromatic N) is 4. The molecule has 1 aromatic heterocycles. The van der Waals surface area contributed by atoms with E-state index in [0.717, 1.165) is 29.9 Å². The maximum Gasteiger partial charge on any atom is 0.272 e. The van der Waals surface area contributed by atoms with Gasteiger partial charge in [-0.3, -0.25) is 9.59 Å². The number of carbonyl (C=O) groups excluding carboxylic acids is 1. The number of aromatic hydroxyl groups is 1. The number of phenolic OH excluding ortho intramolecular Hbond substituents is 1. The summed E-state index contributed by atoms with van der Waals surface area (Å²) in [6, 6.07) is 4.65. The van der Waals surface area contributed by atoms with Gasteiger partial charge in [-0.15, -0.1) is 0 Å². The SMILES string of the molecule is C=CC(=O)N1CCN(c2c(S(C)(=O)=O)c(=O)n(C[C@@H]3CCCN3C)c3c(F)c(-c4c(O)cccc4F)c(Cl)cc23)CC1. The summed E-state index contributed by atoms with van der Waals surface area (Å²) < 4.78 is 59.4. The second-order valence-electron chi connectivity index (χ2n) is 10.7. The number of carbonyl (C=O) groups is 1. The number of likely N-dealkylation sites (N-methyl/N-ethyl adjacent to an activating group) is 1. The van der Waals surface area contributed by atoms with E-state index in [9.17, 15) is 27.5 Å². The first kappa shape index (κ1) is 30.0. The molecule has 224 valence electrons. The van der Waals surface area contributed by atoms with Crippen molar-refractivity contribution in [2.45, 2.75) is 30.3 Å². The normalized spacial score (nSPS) is 18.2. The summed E-state index contributed by atoms with van der Waals surface area (Å²) >= 11 is 6.59. The zero-order valence-corrected chi connectivity index (χ0v) is 24.8. The summed E-state index contributed by atoms with van der Waals surface area (Å²) in [6.07, 6.45) is 3.66. The molecule has 42 heavy (non-hydrogen) atoms. The highest BCUT2D eigenvalue weighted by atomic mass is 35.5. The van der Waals surface area contributed by atoms with Gasteiger partial charge in [-0.25, -0.2) is 17.2 Å². The van der Waals surface area contributed by atoms with Crippen LogP contribution in [0.25, 0.3) is 22.0 Å². The Balaban J connectivity index is 1.86. The average Bonchev–Trinajstić information content (AvgIpc) is 3.34. The van der Waals surface area contributed by atoms with E-state index in [0.29, 0.717) is 6.42 Å². The standard InChI is InChI=1S/C29H31ClF2N4O5S/c1-4-22(38)34-11-13-35(14-12-34)27-18-15-19(30)23(24-20(31)8-5-9-21(24)37)25(32)26(18)36(16-17-7-6-10-33(17)2)29(39)28(27)42(3,40)41/h4-5,8-9,15,17,37H,1,6-7,10-14,16H2,2-3H3/t17-/m0/s1. The molecule has 0 saturated carbocycles. The predicted molar refractivity (Wildman–Crippen MR) is 158 cm³/mol. The van der Waals surface area contributed by atoms with Crippen molar-refractivity contribution in [3.8, 4) is 16.9 Å². The van der Waals surface area contributed by atoms with Crippen LogP contribution in [0.15, 0.2) is 46.6 Å². The topological polar surface area (TPSA) is 103 Å². The Kier molecular flexibility index (Phi) is 8.08. The van der Waals surface area contributed by atoms with Gasteiger partial charge in [0.1, 0.15) is 11.6 Å². The lowest BCUT2D eigenvalue weighted by Gasteiger charge is -2.37. The van der Waals surface area contributed by atoms with Crippen molar-refractivity contribution in [2.24, 2.45) is 0 Å². The van der Waals surface area contributed by atoms with Crippen molar-refractivity contribution >= 4 is 43.9 Å². The molecule has 1 N–H and O–H groups in total. The summed E-state index contributed by atoms with van der Waals surface area (Å²) in [7, 11) is -2.29. The Bertz CT molecular complexity index is 1750. The van der Waals surface area contributed by atoms with Crippen LogP contribution < -0.4 is 10.5 Å². The molecule has 2 saturated heterocycles. The number of hydrogen-bond acceptors (Lipinski definition) is 7. The second kappa shape index (κ2) is 11.3. The van der Waals surface area contributed by atoms with Crippen molar-refractivity contribution in [1.82, 2.24) is 14.4 Å². The predicted octanol–water partition coefficient (Wildman–Crippen LogP) is 3.64. The number of fused-ring (bicyclic) bond motifs is 1.